The van der Waals surface area contributed by atoms with Gasteiger partial charge in [-0.25, -0.2) is 0 Å². The fourth-order valence-electron chi connectivity index (χ4n) is 1.78. The van der Waals surface area contributed by atoms with E-state index in [0.717, 1.165) is 19.4 Å². The van der Waals surface area contributed by atoms with E-state index in [9.17, 15) is 4.79 Å². The van der Waals surface area contributed by atoms with Gasteiger partial charge in [-0.2, -0.15) is 0 Å². The van der Waals surface area contributed by atoms with Gasteiger partial charge in [-0.15, -0.1) is 0 Å². The van der Waals surface area contributed by atoms with E-state index >= 15 is 0 Å². The molecule has 1 amide bonds. The number of likely N-dealkylation sites (tertiary alicyclic amines) is 1. The highest BCUT2D eigenvalue weighted by molar-refractivity contribution is 5.77. The topological polar surface area (TPSA) is 55.6 Å². The average Bonchev–Trinajstić information content (AvgIpc) is 2.17. The van der Waals surface area contributed by atoms with Gasteiger partial charge in [0.05, 0.1) is 12.0 Å². The minimum absolute atomic E-state index is 0.147. The van der Waals surface area contributed by atoms with Crippen LogP contribution in [0, 0.1) is 0 Å². The van der Waals surface area contributed by atoms with Gasteiger partial charge in [0.2, 0.25) is 5.91 Å². The van der Waals surface area contributed by atoms with Crippen molar-refractivity contribution in [1.82, 2.24) is 4.90 Å². The zero-order chi connectivity index (χ0) is 11.5. The van der Waals surface area contributed by atoms with Crippen LogP contribution in [-0.4, -0.2) is 42.6 Å². The van der Waals surface area contributed by atoms with E-state index < -0.39 is 0 Å². The van der Waals surface area contributed by atoms with Crippen molar-refractivity contribution in [3.63, 3.8) is 0 Å². The summed E-state index contributed by atoms with van der Waals surface area (Å²) in [6.07, 6.45) is 2.47. The third-order valence-corrected chi connectivity index (χ3v) is 2.94. The van der Waals surface area contributed by atoms with E-state index in [0.29, 0.717) is 13.0 Å². The van der Waals surface area contributed by atoms with Crippen LogP contribution >= 0.6 is 0 Å². The SMILES string of the molecule is COC(C)(C)CC(=O)N1CCC[C@@H](N)C1. The Kier molecular flexibility index (Phi) is 4.11. The average molecular weight is 214 g/mol. The van der Waals surface area contributed by atoms with Crippen LogP contribution in [-0.2, 0) is 9.53 Å². The van der Waals surface area contributed by atoms with Crippen LogP contribution in [0.1, 0.15) is 33.1 Å². The van der Waals surface area contributed by atoms with Gasteiger partial charge in [-0.3, -0.25) is 4.79 Å². The maximum Gasteiger partial charge on any atom is 0.225 e. The Balaban J connectivity index is 2.46. The summed E-state index contributed by atoms with van der Waals surface area (Å²) < 4.78 is 5.25. The molecule has 1 aliphatic rings. The standard InChI is InChI=1S/C11H22N2O2/c1-11(2,15-3)7-10(14)13-6-4-5-9(12)8-13/h9H,4-8,12H2,1-3H3/t9-/m1/s1. The van der Waals surface area contributed by atoms with Crippen LogP contribution in [0.2, 0.25) is 0 Å². The number of amides is 1. The molecule has 0 unspecified atom stereocenters. The van der Waals surface area contributed by atoms with Crippen LogP contribution < -0.4 is 5.73 Å². The van der Waals surface area contributed by atoms with Crippen molar-refractivity contribution in [3.8, 4) is 0 Å². The molecule has 1 rings (SSSR count). The summed E-state index contributed by atoms with van der Waals surface area (Å²) in [5.74, 6) is 0.150. The highest BCUT2D eigenvalue weighted by atomic mass is 16.5. The molecular weight excluding hydrogens is 192 g/mol. The van der Waals surface area contributed by atoms with Crippen LogP contribution in [0.4, 0.5) is 0 Å². The Labute approximate surface area is 91.8 Å². The van der Waals surface area contributed by atoms with E-state index in [-0.39, 0.29) is 17.6 Å². The molecule has 0 spiro atoms. The molecule has 0 aromatic heterocycles. The molecular formula is C11H22N2O2. The molecule has 0 saturated carbocycles. The minimum atomic E-state index is -0.376. The Hall–Kier alpha value is -0.610. The van der Waals surface area contributed by atoms with E-state index in [1.54, 1.807) is 7.11 Å². The molecule has 0 aliphatic carbocycles. The monoisotopic (exact) mass is 214 g/mol. The summed E-state index contributed by atoms with van der Waals surface area (Å²) in [6, 6.07) is 0.147. The van der Waals surface area contributed by atoms with Gasteiger partial charge in [-0.1, -0.05) is 0 Å². The second-order valence-electron chi connectivity index (χ2n) is 4.88. The number of piperidine rings is 1. The highest BCUT2D eigenvalue weighted by Crippen LogP contribution is 2.17. The molecule has 0 radical (unpaired) electrons. The normalized spacial score (nSPS) is 22.9. The zero-order valence-electron chi connectivity index (χ0n) is 9.95. The maximum absolute atomic E-state index is 11.9. The third kappa shape index (κ3) is 3.80. The summed E-state index contributed by atoms with van der Waals surface area (Å²) in [6.45, 7) is 5.38. The lowest BCUT2D eigenvalue weighted by Crippen LogP contribution is -2.47. The predicted octanol–water partition coefficient (Wildman–Crippen LogP) is 0.751. The Morgan fingerprint density at radius 1 is 1.60 bits per heavy atom. The van der Waals surface area contributed by atoms with Crippen LogP contribution in [0.25, 0.3) is 0 Å². The fraction of sp³-hybridized carbons (Fsp3) is 0.909. The number of ether oxygens (including phenoxy) is 1. The van der Waals surface area contributed by atoms with Gasteiger partial charge in [0.15, 0.2) is 0 Å². The molecule has 88 valence electrons. The van der Waals surface area contributed by atoms with Crippen LogP contribution in [0.3, 0.4) is 0 Å². The number of hydrogen-bond acceptors (Lipinski definition) is 3. The Morgan fingerprint density at radius 2 is 2.27 bits per heavy atom. The molecule has 1 atom stereocenters. The van der Waals surface area contributed by atoms with Crippen molar-refractivity contribution >= 4 is 5.91 Å². The summed E-state index contributed by atoms with van der Waals surface area (Å²) in [5.41, 5.74) is 5.46. The molecule has 1 fully saturated rings. The summed E-state index contributed by atoms with van der Waals surface area (Å²) in [7, 11) is 1.63. The highest BCUT2D eigenvalue weighted by Gasteiger charge is 2.27. The number of carbonyl (C=O) groups is 1. The number of nitrogens with two attached hydrogens (primary N) is 1. The molecule has 1 saturated heterocycles. The molecule has 1 heterocycles. The van der Waals surface area contributed by atoms with Gasteiger partial charge in [0, 0.05) is 26.2 Å². The van der Waals surface area contributed by atoms with Gasteiger partial charge in [-0.05, 0) is 26.7 Å². The fourth-order valence-corrected chi connectivity index (χ4v) is 1.78. The quantitative estimate of drug-likeness (QED) is 0.754. The largest absolute Gasteiger partial charge is 0.378 e. The van der Waals surface area contributed by atoms with Crippen molar-refractivity contribution in [2.75, 3.05) is 20.2 Å². The lowest BCUT2D eigenvalue weighted by atomic mass is 10.0. The predicted molar refractivity (Wildman–Crippen MR) is 59.5 cm³/mol. The Morgan fingerprint density at radius 3 is 2.80 bits per heavy atom. The number of carbonyl (C=O) groups excluding carboxylic acids is 1. The molecule has 1 aliphatic heterocycles. The van der Waals surface area contributed by atoms with Crippen molar-refractivity contribution in [2.45, 2.75) is 44.8 Å². The third-order valence-electron chi connectivity index (χ3n) is 2.94. The number of hydrogen-bond donors (Lipinski definition) is 1. The van der Waals surface area contributed by atoms with Gasteiger partial charge in [0.25, 0.3) is 0 Å². The second kappa shape index (κ2) is 4.94. The van der Waals surface area contributed by atoms with E-state index in [1.165, 1.54) is 0 Å². The molecule has 0 aromatic carbocycles. The number of nitrogens with zero attached hydrogens (tertiary/aromatic N) is 1. The van der Waals surface area contributed by atoms with Crippen molar-refractivity contribution in [3.05, 3.63) is 0 Å². The van der Waals surface area contributed by atoms with Crippen LogP contribution in [0.15, 0.2) is 0 Å². The second-order valence-corrected chi connectivity index (χ2v) is 4.88. The summed E-state index contributed by atoms with van der Waals surface area (Å²) in [5, 5.41) is 0. The maximum atomic E-state index is 11.9. The van der Waals surface area contributed by atoms with Gasteiger partial charge in [0.1, 0.15) is 0 Å². The first-order chi connectivity index (χ1) is 6.94. The van der Waals surface area contributed by atoms with Crippen molar-refractivity contribution < 1.29 is 9.53 Å². The lowest BCUT2D eigenvalue weighted by molar-refractivity contribution is -0.137. The molecule has 0 bridgehead atoms. The lowest BCUT2D eigenvalue weighted by Gasteiger charge is -2.33. The smallest absolute Gasteiger partial charge is 0.225 e. The number of rotatable bonds is 3. The van der Waals surface area contributed by atoms with E-state index in [1.807, 2.05) is 18.7 Å². The van der Waals surface area contributed by atoms with E-state index in [2.05, 4.69) is 0 Å². The van der Waals surface area contributed by atoms with Crippen molar-refractivity contribution in [1.29, 1.82) is 0 Å². The summed E-state index contributed by atoms with van der Waals surface area (Å²) >= 11 is 0. The van der Waals surface area contributed by atoms with E-state index in [4.69, 9.17) is 10.5 Å². The molecule has 0 aromatic rings. The van der Waals surface area contributed by atoms with Crippen LogP contribution in [0.5, 0.6) is 0 Å². The first-order valence-electron chi connectivity index (χ1n) is 5.53. The molecule has 15 heavy (non-hydrogen) atoms. The minimum Gasteiger partial charge on any atom is -0.378 e. The van der Waals surface area contributed by atoms with Crippen molar-refractivity contribution in [2.24, 2.45) is 5.73 Å². The molecule has 4 heteroatoms. The Bertz CT molecular complexity index is 229. The molecule has 4 nitrogen and oxygen atoms in total. The van der Waals surface area contributed by atoms with Gasteiger partial charge < -0.3 is 15.4 Å². The zero-order valence-corrected chi connectivity index (χ0v) is 9.95. The number of methoxy groups -OCH3 is 1. The molecule has 2 N–H and O–H groups in total. The van der Waals surface area contributed by atoms with Gasteiger partial charge >= 0.3 is 0 Å². The summed E-state index contributed by atoms with van der Waals surface area (Å²) in [4.78, 5) is 13.8. The first-order valence-corrected chi connectivity index (χ1v) is 5.53. The first kappa shape index (κ1) is 12.5.